The van der Waals surface area contributed by atoms with E-state index in [1.807, 2.05) is 53.8 Å². The number of hydrogen-bond acceptors (Lipinski definition) is 4. The summed E-state index contributed by atoms with van der Waals surface area (Å²) in [5.41, 5.74) is 4.03. The molecule has 25 heavy (non-hydrogen) atoms. The number of thioether (sulfide) groups is 1. The minimum Gasteiger partial charge on any atom is -0.369 e. The molecular weight excluding hydrogens is 420 g/mol. The Morgan fingerprint density at radius 3 is 2.96 bits per heavy atom. The third-order valence-electron chi connectivity index (χ3n) is 4.18. The van der Waals surface area contributed by atoms with Gasteiger partial charge in [0.2, 0.25) is 0 Å². The van der Waals surface area contributed by atoms with Crippen LogP contribution in [0.1, 0.15) is 16.4 Å². The molecule has 1 atom stereocenters. The Morgan fingerprint density at radius 2 is 2.20 bits per heavy atom. The zero-order valence-electron chi connectivity index (χ0n) is 13.5. The van der Waals surface area contributed by atoms with E-state index in [2.05, 4.69) is 32.3 Å². The maximum Gasteiger partial charge on any atom is 0.129 e. The molecule has 0 bridgehead atoms. The number of benzene rings is 1. The van der Waals surface area contributed by atoms with Crippen LogP contribution < -0.4 is 5.32 Å². The number of halogens is 2. The van der Waals surface area contributed by atoms with E-state index in [9.17, 15) is 0 Å². The minimum atomic E-state index is 0.108. The molecule has 0 aliphatic carbocycles. The Kier molecular flexibility index (Phi) is 4.75. The highest BCUT2D eigenvalue weighted by atomic mass is 79.9. The van der Waals surface area contributed by atoms with Gasteiger partial charge in [0.05, 0.1) is 10.9 Å². The van der Waals surface area contributed by atoms with E-state index >= 15 is 0 Å². The van der Waals surface area contributed by atoms with Crippen molar-refractivity contribution in [3.63, 3.8) is 0 Å². The number of hydrogen-bond donors (Lipinski definition) is 1. The molecule has 0 amide bonds. The van der Waals surface area contributed by atoms with E-state index < -0.39 is 0 Å². The Morgan fingerprint density at radius 1 is 1.32 bits per heavy atom. The molecule has 0 radical (unpaired) electrons. The average molecular weight is 436 g/mol. The van der Waals surface area contributed by atoms with Crippen LogP contribution in [-0.2, 0) is 7.05 Å². The van der Waals surface area contributed by atoms with Gasteiger partial charge in [-0.2, -0.15) is 5.10 Å². The smallest absolute Gasteiger partial charge is 0.129 e. The predicted molar refractivity (Wildman–Crippen MR) is 108 cm³/mol. The maximum atomic E-state index is 6.58. The average Bonchev–Trinajstić information content (AvgIpc) is 2.79. The number of fused-ring (bicyclic) bond motifs is 1. The van der Waals surface area contributed by atoms with E-state index in [-0.39, 0.29) is 5.25 Å². The molecule has 3 aromatic rings. The van der Waals surface area contributed by atoms with Crippen LogP contribution in [0.2, 0.25) is 5.02 Å². The summed E-state index contributed by atoms with van der Waals surface area (Å²) in [5.74, 6) is 2.03. The predicted octanol–water partition coefficient (Wildman–Crippen LogP) is 5.15. The van der Waals surface area contributed by atoms with Crippen molar-refractivity contribution in [3.8, 4) is 11.4 Å². The molecule has 128 valence electrons. The molecule has 0 spiro atoms. The number of rotatable bonds is 2. The number of pyridine rings is 1. The molecule has 1 aliphatic rings. The van der Waals surface area contributed by atoms with Gasteiger partial charge in [-0.1, -0.05) is 39.7 Å². The first-order valence-electron chi connectivity index (χ1n) is 7.94. The van der Waals surface area contributed by atoms with Crippen LogP contribution in [0.15, 0.2) is 47.1 Å². The first-order chi connectivity index (χ1) is 12.1. The molecule has 1 N–H and O–H groups in total. The molecule has 1 aliphatic heterocycles. The van der Waals surface area contributed by atoms with Crippen molar-refractivity contribution in [2.75, 3.05) is 17.6 Å². The first kappa shape index (κ1) is 16.9. The molecule has 4 rings (SSSR count). The van der Waals surface area contributed by atoms with Gasteiger partial charge in [-0.3, -0.25) is 9.67 Å². The van der Waals surface area contributed by atoms with E-state index in [0.717, 1.165) is 50.1 Å². The van der Waals surface area contributed by atoms with Crippen molar-refractivity contribution in [1.82, 2.24) is 14.8 Å². The molecule has 2 aromatic heterocycles. The normalized spacial score (nSPS) is 16.8. The molecule has 0 fully saturated rings. The molecule has 0 saturated carbocycles. The van der Waals surface area contributed by atoms with Crippen LogP contribution in [0.3, 0.4) is 0 Å². The Balaban J connectivity index is 1.92. The van der Waals surface area contributed by atoms with Crippen molar-refractivity contribution < 1.29 is 0 Å². The summed E-state index contributed by atoms with van der Waals surface area (Å²) in [6.07, 6.45) is 1.80. The molecule has 1 aromatic carbocycles. The summed E-state index contributed by atoms with van der Waals surface area (Å²) in [7, 11) is 1.97. The lowest BCUT2D eigenvalue weighted by Gasteiger charge is -2.18. The zero-order chi connectivity index (χ0) is 17.4. The van der Waals surface area contributed by atoms with E-state index in [0.29, 0.717) is 0 Å². The summed E-state index contributed by atoms with van der Waals surface area (Å²) in [6, 6.07) is 12.0. The Labute approximate surface area is 164 Å². The summed E-state index contributed by atoms with van der Waals surface area (Å²) >= 11 is 12.0. The van der Waals surface area contributed by atoms with Crippen molar-refractivity contribution in [3.05, 3.63) is 63.2 Å². The topological polar surface area (TPSA) is 42.7 Å². The lowest BCUT2D eigenvalue weighted by atomic mass is 10.0. The van der Waals surface area contributed by atoms with Gasteiger partial charge in [-0.15, -0.1) is 11.8 Å². The van der Waals surface area contributed by atoms with Crippen LogP contribution >= 0.6 is 39.3 Å². The monoisotopic (exact) mass is 434 g/mol. The highest BCUT2D eigenvalue weighted by molar-refractivity contribution is 9.10. The molecule has 3 heterocycles. The summed E-state index contributed by atoms with van der Waals surface area (Å²) < 4.78 is 2.89. The van der Waals surface area contributed by atoms with E-state index in [1.54, 1.807) is 6.20 Å². The highest BCUT2D eigenvalue weighted by Gasteiger charge is 2.30. The third-order valence-corrected chi connectivity index (χ3v) is 6.26. The summed E-state index contributed by atoms with van der Waals surface area (Å²) in [5, 5.41) is 9.13. The second-order valence-corrected chi connectivity index (χ2v) is 8.33. The van der Waals surface area contributed by atoms with E-state index in [1.165, 1.54) is 0 Å². The van der Waals surface area contributed by atoms with Gasteiger partial charge in [-0.25, -0.2) is 0 Å². The first-order valence-corrected chi connectivity index (χ1v) is 10.2. The van der Waals surface area contributed by atoms with Crippen molar-refractivity contribution >= 4 is 45.1 Å². The summed E-state index contributed by atoms with van der Waals surface area (Å²) in [6.45, 7) is 0.892. The number of aryl methyl sites for hydroxylation is 1. The molecule has 0 unspecified atom stereocenters. The van der Waals surface area contributed by atoms with Crippen LogP contribution in [-0.4, -0.2) is 27.1 Å². The van der Waals surface area contributed by atoms with E-state index in [4.69, 9.17) is 16.7 Å². The lowest BCUT2D eigenvalue weighted by Crippen LogP contribution is -2.06. The Hall–Kier alpha value is -1.50. The SMILES string of the molecule is Cn1nc(-c2ccccn2)c2c1NCCS[C@@H]2c1ccc(Br)cc1Cl. The van der Waals surface area contributed by atoms with Gasteiger partial charge >= 0.3 is 0 Å². The van der Waals surface area contributed by atoms with Crippen LogP contribution in [0, 0.1) is 0 Å². The third kappa shape index (κ3) is 3.18. The van der Waals surface area contributed by atoms with Crippen LogP contribution in [0.25, 0.3) is 11.4 Å². The molecule has 0 saturated heterocycles. The number of aromatic nitrogens is 3. The van der Waals surface area contributed by atoms with Gasteiger partial charge in [-0.05, 0) is 29.8 Å². The molecular formula is C18H16BrClN4S. The number of nitrogens with one attached hydrogen (secondary N) is 1. The van der Waals surface area contributed by atoms with Gasteiger partial charge < -0.3 is 5.32 Å². The summed E-state index contributed by atoms with van der Waals surface area (Å²) in [4.78, 5) is 4.51. The van der Waals surface area contributed by atoms with Crippen molar-refractivity contribution in [2.45, 2.75) is 5.25 Å². The van der Waals surface area contributed by atoms with Gasteiger partial charge in [0.15, 0.2) is 0 Å². The number of nitrogens with zero attached hydrogens (tertiary/aromatic N) is 3. The second kappa shape index (κ2) is 7.02. The van der Waals surface area contributed by atoms with Crippen molar-refractivity contribution in [1.29, 1.82) is 0 Å². The fourth-order valence-corrected chi connectivity index (χ4v) is 5.16. The van der Waals surface area contributed by atoms with Gasteiger partial charge in [0, 0.05) is 40.6 Å². The fourth-order valence-electron chi connectivity index (χ4n) is 3.08. The Bertz CT molecular complexity index is 913. The lowest BCUT2D eigenvalue weighted by molar-refractivity contribution is 0.773. The minimum absolute atomic E-state index is 0.108. The van der Waals surface area contributed by atoms with Gasteiger partial charge in [0.25, 0.3) is 0 Å². The standard InChI is InChI=1S/C18H16BrClN4S/c1-24-18-15(16(23-24)14-4-2-3-7-21-14)17(25-9-8-22-18)12-6-5-11(19)10-13(12)20/h2-7,10,17,22H,8-9H2,1H3/t17-/m1/s1. The largest absolute Gasteiger partial charge is 0.369 e. The van der Waals surface area contributed by atoms with Crippen LogP contribution in [0.4, 0.5) is 5.82 Å². The fraction of sp³-hybridized carbons (Fsp3) is 0.222. The molecule has 7 heteroatoms. The van der Waals surface area contributed by atoms with Crippen LogP contribution in [0.5, 0.6) is 0 Å². The highest BCUT2D eigenvalue weighted by Crippen LogP contribution is 2.47. The maximum absolute atomic E-state index is 6.58. The number of anilines is 1. The van der Waals surface area contributed by atoms with Gasteiger partial charge in [0.1, 0.15) is 11.5 Å². The zero-order valence-corrected chi connectivity index (χ0v) is 16.7. The second-order valence-electron chi connectivity index (χ2n) is 5.79. The quantitative estimate of drug-likeness (QED) is 0.605. The van der Waals surface area contributed by atoms with Crippen molar-refractivity contribution in [2.24, 2.45) is 7.05 Å². The molecule has 4 nitrogen and oxygen atoms in total.